The minimum atomic E-state index is -3.11. The molecule has 1 N–H and O–H groups in total. The number of carbonyl (C=O) groups excluding carboxylic acids is 1. The van der Waals surface area contributed by atoms with Crippen LogP contribution in [-0.2, 0) is 20.0 Å². The Hall–Kier alpha value is -1.60. The van der Waals surface area contributed by atoms with Gasteiger partial charge in [0.2, 0.25) is 11.8 Å². The Morgan fingerprint density at radius 3 is 2.45 bits per heavy atom. The van der Waals surface area contributed by atoms with Gasteiger partial charge in [-0.3, -0.25) is 4.79 Å². The van der Waals surface area contributed by atoms with E-state index in [9.17, 15) is 13.2 Å². The van der Waals surface area contributed by atoms with Crippen molar-refractivity contribution in [3.8, 4) is 0 Å². The molecule has 156 valence electrons. The summed E-state index contributed by atoms with van der Waals surface area (Å²) in [6.07, 6.45) is 5.71. The summed E-state index contributed by atoms with van der Waals surface area (Å²) in [4.78, 5) is 17.7. The van der Waals surface area contributed by atoms with Gasteiger partial charge >= 0.3 is 0 Å². The van der Waals surface area contributed by atoms with E-state index in [0.717, 1.165) is 55.5 Å². The third kappa shape index (κ3) is 3.17. The van der Waals surface area contributed by atoms with Crippen molar-refractivity contribution in [3.05, 3.63) is 29.1 Å². The largest absolute Gasteiger partial charge is 0.440 e. The molecular weight excluding hydrogens is 412 g/mol. The number of fused-ring (bicyclic) bond motifs is 4. The maximum atomic E-state index is 13.0. The molecule has 3 aliphatic carbocycles. The van der Waals surface area contributed by atoms with Crippen molar-refractivity contribution in [1.29, 1.82) is 0 Å². The molecule has 2 aromatic rings. The highest BCUT2D eigenvalue weighted by Gasteiger charge is 2.54. The molecular formula is C21H25ClN2O4S. The number of rotatable bonds is 3. The van der Waals surface area contributed by atoms with Crippen LogP contribution in [0.2, 0.25) is 5.02 Å². The molecule has 4 fully saturated rings. The van der Waals surface area contributed by atoms with Gasteiger partial charge in [0.05, 0.1) is 16.9 Å². The van der Waals surface area contributed by atoms with Gasteiger partial charge in [-0.15, -0.1) is 0 Å². The highest BCUT2D eigenvalue weighted by molar-refractivity contribution is 7.91. The number of hydrogen-bond acceptors (Lipinski definition) is 5. The van der Waals surface area contributed by atoms with Gasteiger partial charge in [0.25, 0.3) is 0 Å². The van der Waals surface area contributed by atoms with Crippen molar-refractivity contribution >= 4 is 38.4 Å². The van der Waals surface area contributed by atoms with Gasteiger partial charge in [0.1, 0.15) is 5.52 Å². The van der Waals surface area contributed by atoms with E-state index in [2.05, 4.69) is 5.32 Å². The predicted molar refractivity (Wildman–Crippen MR) is 111 cm³/mol. The molecule has 1 aliphatic heterocycles. The quantitative estimate of drug-likeness (QED) is 0.791. The average Bonchev–Trinajstić information content (AvgIpc) is 3.24. The maximum Gasteiger partial charge on any atom is 0.227 e. The lowest BCUT2D eigenvalue weighted by Gasteiger charge is -2.52. The topological polar surface area (TPSA) is 89.3 Å². The summed E-state index contributed by atoms with van der Waals surface area (Å²) in [6, 6.07) is 5.49. The summed E-state index contributed by atoms with van der Waals surface area (Å²) in [6.45, 7) is 1.78. The summed E-state index contributed by atoms with van der Waals surface area (Å²) in [5.74, 6) is 0.735. The fraction of sp³-hybridized carbons (Fsp3) is 0.619. The second kappa shape index (κ2) is 6.20. The fourth-order valence-electron chi connectivity index (χ4n) is 5.40. The zero-order valence-corrected chi connectivity index (χ0v) is 18.0. The van der Waals surface area contributed by atoms with E-state index < -0.39 is 15.3 Å². The van der Waals surface area contributed by atoms with Crippen molar-refractivity contribution < 1.29 is 17.6 Å². The van der Waals surface area contributed by atoms with Crippen LogP contribution in [0.4, 0.5) is 0 Å². The fourth-order valence-corrected chi connectivity index (χ4v) is 7.72. The Bertz CT molecular complexity index is 1080. The second-order valence-corrected chi connectivity index (χ2v) is 12.2. The summed E-state index contributed by atoms with van der Waals surface area (Å²) >= 11 is 6.08. The van der Waals surface area contributed by atoms with Gasteiger partial charge in [0, 0.05) is 16.0 Å². The monoisotopic (exact) mass is 436 g/mol. The summed E-state index contributed by atoms with van der Waals surface area (Å²) < 4.78 is 29.9. The zero-order chi connectivity index (χ0) is 20.5. The first kappa shape index (κ1) is 19.4. The predicted octanol–water partition coefficient (Wildman–Crippen LogP) is 3.77. The minimum Gasteiger partial charge on any atom is -0.440 e. The van der Waals surface area contributed by atoms with Crippen molar-refractivity contribution in [2.45, 2.75) is 62.8 Å². The molecule has 1 atom stereocenters. The van der Waals surface area contributed by atoms with Crippen LogP contribution in [0.1, 0.15) is 57.8 Å². The molecule has 29 heavy (non-hydrogen) atoms. The van der Waals surface area contributed by atoms with Gasteiger partial charge in [-0.1, -0.05) is 11.6 Å². The summed E-state index contributed by atoms with van der Waals surface area (Å²) in [5.41, 5.74) is 0.416. The number of nitrogens with one attached hydrogen (secondary N) is 1. The SMILES string of the molecule is CC1(C(=O)NC23CCC(c4nc5cc(Cl)ccc5o4)(CC2)CC3)CCS(=O)(=O)C1. The van der Waals surface area contributed by atoms with Crippen LogP contribution < -0.4 is 5.32 Å². The Morgan fingerprint density at radius 2 is 1.83 bits per heavy atom. The number of amides is 1. The lowest BCUT2D eigenvalue weighted by atomic mass is 9.57. The average molecular weight is 437 g/mol. The highest BCUT2D eigenvalue weighted by Crippen LogP contribution is 2.54. The minimum absolute atomic E-state index is 0.0443. The van der Waals surface area contributed by atoms with Crippen LogP contribution in [0.25, 0.3) is 11.1 Å². The van der Waals surface area contributed by atoms with E-state index in [1.165, 1.54) is 0 Å². The lowest BCUT2D eigenvalue weighted by molar-refractivity contribution is -0.132. The molecule has 1 aromatic carbocycles. The van der Waals surface area contributed by atoms with Crippen LogP contribution >= 0.6 is 11.6 Å². The standard InChI is InChI=1S/C21H25ClN2O4S/c1-19(10-11-29(26,27)13-19)17(25)24-21-7-4-20(5-8-21,6-9-21)18-23-15-12-14(22)2-3-16(15)28-18/h2-3,12H,4-11,13H2,1H3,(H,24,25). The van der Waals surface area contributed by atoms with Crippen LogP contribution in [0.5, 0.6) is 0 Å². The van der Waals surface area contributed by atoms with Crippen molar-refractivity contribution in [3.63, 3.8) is 0 Å². The van der Waals surface area contributed by atoms with Crippen LogP contribution in [0, 0.1) is 5.41 Å². The second-order valence-electron chi connectivity index (χ2n) is 9.55. The van der Waals surface area contributed by atoms with Crippen LogP contribution in [-0.4, -0.2) is 36.4 Å². The molecule has 2 bridgehead atoms. The van der Waals surface area contributed by atoms with Gasteiger partial charge in [-0.25, -0.2) is 13.4 Å². The third-order valence-corrected chi connectivity index (χ3v) is 9.62. The molecule has 0 spiro atoms. The molecule has 2 heterocycles. The van der Waals surface area contributed by atoms with E-state index in [4.69, 9.17) is 21.0 Å². The Kier molecular flexibility index (Phi) is 4.14. The number of halogens is 1. The third-order valence-electron chi connectivity index (χ3n) is 7.48. The molecule has 4 aliphatic rings. The summed E-state index contributed by atoms with van der Waals surface area (Å²) in [7, 11) is -3.11. The van der Waals surface area contributed by atoms with E-state index >= 15 is 0 Å². The van der Waals surface area contributed by atoms with Crippen molar-refractivity contribution in [2.24, 2.45) is 5.41 Å². The molecule has 1 aromatic heterocycles. The first-order chi connectivity index (χ1) is 13.6. The van der Waals surface area contributed by atoms with E-state index in [1.807, 2.05) is 18.2 Å². The number of benzene rings is 1. The molecule has 1 saturated heterocycles. The first-order valence-corrected chi connectivity index (χ1v) is 12.4. The maximum absolute atomic E-state index is 13.0. The van der Waals surface area contributed by atoms with Gasteiger partial charge in [0.15, 0.2) is 15.4 Å². The van der Waals surface area contributed by atoms with E-state index in [1.54, 1.807) is 6.92 Å². The zero-order valence-electron chi connectivity index (χ0n) is 16.5. The van der Waals surface area contributed by atoms with Crippen LogP contribution in [0.3, 0.4) is 0 Å². The normalized spacial score (nSPS) is 35.8. The highest BCUT2D eigenvalue weighted by atomic mass is 35.5. The van der Waals surface area contributed by atoms with Crippen LogP contribution in [0.15, 0.2) is 22.6 Å². The molecule has 1 amide bonds. The Labute approximate surface area is 175 Å². The lowest BCUT2D eigenvalue weighted by Crippen LogP contribution is -2.60. The number of nitrogens with zero attached hydrogens (tertiary/aromatic N) is 1. The van der Waals surface area contributed by atoms with Gasteiger partial charge in [-0.2, -0.15) is 0 Å². The van der Waals surface area contributed by atoms with Crippen molar-refractivity contribution in [2.75, 3.05) is 11.5 Å². The molecule has 0 radical (unpaired) electrons. The van der Waals surface area contributed by atoms with Crippen molar-refractivity contribution in [1.82, 2.24) is 10.3 Å². The Balaban J connectivity index is 1.33. The molecule has 6 nitrogen and oxygen atoms in total. The number of aromatic nitrogens is 1. The molecule has 6 rings (SSSR count). The Morgan fingerprint density at radius 1 is 1.14 bits per heavy atom. The van der Waals surface area contributed by atoms with Gasteiger partial charge in [-0.05, 0) is 70.1 Å². The molecule has 3 saturated carbocycles. The smallest absolute Gasteiger partial charge is 0.227 e. The van der Waals surface area contributed by atoms with E-state index in [-0.39, 0.29) is 28.4 Å². The summed E-state index contributed by atoms with van der Waals surface area (Å²) in [5, 5.41) is 3.92. The first-order valence-electron chi connectivity index (χ1n) is 10.2. The number of oxazole rings is 1. The molecule has 8 heteroatoms. The van der Waals surface area contributed by atoms with E-state index in [0.29, 0.717) is 11.4 Å². The number of hydrogen-bond donors (Lipinski definition) is 1. The molecule has 1 unspecified atom stereocenters. The number of carbonyl (C=O) groups is 1. The number of sulfone groups is 1. The van der Waals surface area contributed by atoms with Gasteiger partial charge < -0.3 is 9.73 Å².